The van der Waals surface area contributed by atoms with Gasteiger partial charge < -0.3 is 15.3 Å². The Morgan fingerprint density at radius 1 is 1.18 bits per heavy atom. The van der Waals surface area contributed by atoms with Crippen LogP contribution >= 0.6 is 12.4 Å². The molecule has 1 aliphatic rings. The molecular formula is C19H27ClN4O4. The van der Waals surface area contributed by atoms with Crippen molar-refractivity contribution in [3.8, 4) is 0 Å². The van der Waals surface area contributed by atoms with Crippen LogP contribution in [0.3, 0.4) is 0 Å². The number of nitrogens with zero attached hydrogens (tertiary/aromatic N) is 3. The van der Waals surface area contributed by atoms with Gasteiger partial charge in [0.2, 0.25) is 0 Å². The first kappa shape index (κ1) is 22.1. The lowest BCUT2D eigenvalue weighted by atomic mass is 9.89. The van der Waals surface area contributed by atoms with Crippen LogP contribution in [-0.4, -0.2) is 57.4 Å². The third kappa shape index (κ3) is 4.80. The smallest absolute Gasteiger partial charge is 0.320 e. The van der Waals surface area contributed by atoms with Crippen LogP contribution in [0.4, 0.5) is 0 Å². The molecule has 0 unspecified atom stereocenters. The van der Waals surface area contributed by atoms with Gasteiger partial charge in [0.05, 0.1) is 0 Å². The topological polar surface area (TPSA) is 109 Å². The number of hydrogen-bond donors (Lipinski definition) is 2. The molecule has 0 saturated heterocycles. The maximum atomic E-state index is 12.8. The highest BCUT2D eigenvalue weighted by molar-refractivity contribution is 5.97. The van der Waals surface area contributed by atoms with Gasteiger partial charge >= 0.3 is 5.97 Å². The van der Waals surface area contributed by atoms with Gasteiger partial charge in [-0.05, 0) is 60.1 Å². The molecule has 1 aromatic carbocycles. The first-order valence-electron chi connectivity index (χ1n) is 9.35. The van der Waals surface area contributed by atoms with E-state index < -0.39 is 12.0 Å². The molecule has 1 aromatic heterocycles. The lowest BCUT2D eigenvalue weighted by molar-refractivity contribution is -0.141. The molecule has 1 aliphatic carbocycles. The number of rotatable bonds is 6. The van der Waals surface area contributed by atoms with Crippen molar-refractivity contribution in [2.45, 2.75) is 57.7 Å². The van der Waals surface area contributed by atoms with Gasteiger partial charge in [0, 0.05) is 24.7 Å². The molecule has 0 bridgehead atoms. The van der Waals surface area contributed by atoms with Crippen molar-refractivity contribution in [2.75, 3.05) is 7.05 Å². The SMILES string of the molecule is CC(C)[C@H](N[C@H]1CC[C@H](N(C)C(=O)c2ccc3nonc3c2)CC1)C(=O)O.Cl. The minimum Gasteiger partial charge on any atom is -0.480 e. The summed E-state index contributed by atoms with van der Waals surface area (Å²) < 4.78 is 4.68. The molecule has 1 heterocycles. The summed E-state index contributed by atoms with van der Waals surface area (Å²) in [5.74, 6) is -0.829. The predicted molar refractivity (Wildman–Crippen MR) is 107 cm³/mol. The maximum Gasteiger partial charge on any atom is 0.320 e. The maximum absolute atomic E-state index is 12.8. The number of aliphatic carboxylic acids is 1. The van der Waals surface area contributed by atoms with Crippen LogP contribution < -0.4 is 5.32 Å². The van der Waals surface area contributed by atoms with E-state index in [-0.39, 0.29) is 36.3 Å². The number of amides is 1. The molecule has 0 radical (unpaired) electrons. The van der Waals surface area contributed by atoms with Gasteiger partial charge in [-0.15, -0.1) is 12.4 Å². The van der Waals surface area contributed by atoms with Gasteiger partial charge in [0.25, 0.3) is 5.91 Å². The third-order valence-electron chi connectivity index (χ3n) is 5.41. The number of carbonyl (C=O) groups excluding carboxylic acids is 1. The molecule has 1 amide bonds. The van der Waals surface area contributed by atoms with E-state index in [1.54, 1.807) is 23.1 Å². The Hall–Kier alpha value is -2.19. The van der Waals surface area contributed by atoms with Crippen molar-refractivity contribution >= 4 is 35.3 Å². The van der Waals surface area contributed by atoms with E-state index in [9.17, 15) is 14.7 Å². The molecular weight excluding hydrogens is 384 g/mol. The van der Waals surface area contributed by atoms with Crippen LogP contribution in [-0.2, 0) is 4.79 Å². The summed E-state index contributed by atoms with van der Waals surface area (Å²) in [6.45, 7) is 3.82. The fourth-order valence-electron chi connectivity index (χ4n) is 3.72. The summed E-state index contributed by atoms with van der Waals surface area (Å²) in [5, 5.41) is 20.1. The van der Waals surface area contributed by atoms with Crippen LogP contribution in [0, 0.1) is 5.92 Å². The second kappa shape index (κ2) is 9.34. The number of carboxylic acids is 1. The fourth-order valence-corrected chi connectivity index (χ4v) is 3.72. The Balaban J connectivity index is 0.00000280. The summed E-state index contributed by atoms with van der Waals surface area (Å²) in [6, 6.07) is 4.94. The van der Waals surface area contributed by atoms with Gasteiger partial charge in [-0.1, -0.05) is 13.8 Å². The van der Waals surface area contributed by atoms with Gasteiger partial charge in [-0.25, -0.2) is 4.63 Å². The van der Waals surface area contributed by atoms with Crippen LogP contribution in [0.25, 0.3) is 11.0 Å². The van der Waals surface area contributed by atoms with E-state index in [2.05, 4.69) is 20.3 Å². The molecule has 8 nitrogen and oxygen atoms in total. The average Bonchev–Trinajstić information content (AvgIpc) is 3.12. The summed E-state index contributed by atoms with van der Waals surface area (Å²) in [5.41, 5.74) is 1.75. The van der Waals surface area contributed by atoms with E-state index in [4.69, 9.17) is 0 Å². The van der Waals surface area contributed by atoms with Crippen molar-refractivity contribution in [1.29, 1.82) is 0 Å². The number of nitrogens with one attached hydrogen (secondary N) is 1. The highest BCUT2D eigenvalue weighted by Crippen LogP contribution is 2.25. The zero-order valence-electron chi connectivity index (χ0n) is 16.3. The largest absolute Gasteiger partial charge is 0.480 e. The van der Waals surface area contributed by atoms with E-state index in [0.717, 1.165) is 25.7 Å². The molecule has 0 spiro atoms. The third-order valence-corrected chi connectivity index (χ3v) is 5.41. The number of carbonyl (C=O) groups is 2. The van der Waals surface area contributed by atoms with Crippen LogP contribution in [0.15, 0.2) is 22.8 Å². The molecule has 1 fully saturated rings. The monoisotopic (exact) mass is 410 g/mol. The number of aromatic nitrogens is 2. The van der Waals surface area contributed by atoms with E-state index in [0.29, 0.717) is 16.6 Å². The molecule has 3 rings (SSSR count). The summed E-state index contributed by atoms with van der Waals surface area (Å²) in [6.07, 6.45) is 3.40. The molecule has 0 aliphatic heterocycles. The number of benzene rings is 1. The first-order valence-corrected chi connectivity index (χ1v) is 9.35. The second-order valence-electron chi connectivity index (χ2n) is 7.62. The Morgan fingerprint density at radius 3 is 2.43 bits per heavy atom. The summed E-state index contributed by atoms with van der Waals surface area (Å²) >= 11 is 0. The Morgan fingerprint density at radius 2 is 1.82 bits per heavy atom. The van der Waals surface area contributed by atoms with Crippen molar-refractivity contribution in [2.24, 2.45) is 5.92 Å². The highest BCUT2D eigenvalue weighted by Gasteiger charge is 2.30. The zero-order chi connectivity index (χ0) is 19.6. The lowest BCUT2D eigenvalue weighted by Crippen LogP contribution is -2.49. The van der Waals surface area contributed by atoms with Crippen LogP contribution in [0.2, 0.25) is 0 Å². The number of hydrogen-bond acceptors (Lipinski definition) is 6. The van der Waals surface area contributed by atoms with E-state index >= 15 is 0 Å². The fraction of sp³-hybridized carbons (Fsp3) is 0.579. The number of fused-ring (bicyclic) bond motifs is 1. The first-order chi connectivity index (χ1) is 12.9. The highest BCUT2D eigenvalue weighted by atomic mass is 35.5. The number of halogens is 1. The quantitative estimate of drug-likeness (QED) is 0.753. The second-order valence-corrected chi connectivity index (χ2v) is 7.62. The van der Waals surface area contributed by atoms with Crippen molar-refractivity contribution in [1.82, 2.24) is 20.5 Å². The van der Waals surface area contributed by atoms with Crippen LogP contribution in [0.5, 0.6) is 0 Å². The van der Waals surface area contributed by atoms with Gasteiger partial charge in [0.1, 0.15) is 17.1 Å². The van der Waals surface area contributed by atoms with Crippen LogP contribution in [0.1, 0.15) is 49.9 Å². The molecule has 28 heavy (non-hydrogen) atoms. The Kier molecular flexibility index (Phi) is 7.37. The van der Waals surface area contributed by atoms with Crippen molar-refractivity contribution in [3.05, 3.63) is 23.8 Å². The zero-order valence-corrected chi connectivity index (χ0v) is 17.1. The van der Waals surface area contributed by atoms with E-state index in [1.165, 1.54) is 0 Å². The molecule has 154 valence electrons. The lowest BCUT2D eigenvalue weighted by Gasteiger charge is -2.36. The molecule has 2 N–H and O–H groups in total. The minimum absolute atomic E-state index is 0. The molecule has 1 atom stereocenters. The Bertz CT molecular complexity index is 817. The molecule has 2 aromatic rings. The minimum atomic E-state index is -0.808. The van der Waals surface area contributed by atoms with Crippen molar-refractivity contribution < 1.29 is 19.3 Å². The predicted octanol–water partition coefficient (Wildman–Crippen LogP) is 2.73. The van der Waals surface area contributed by atoms with Crippen molar-refractivity contribution in [3.63, 3.8) is 0 Å². The summed E-state index contributed by atoms with van der Waals surface area (Å²) in [7, 11) is 1.82. The molecule has 9 heteroatoms. The summed E-state index contributed by atoms with van der Waals surface area (Å²) in [4.78, 5) is 26.0. The van der Waals surface area contributed by atoms with Gasteiger partial charge in [-0.2, -0.15) is 0 Å². The average molecular weight is 411 g/mol. The molecule has 1 saturated carbocycles. The van der Waals surface area contributed by atoms with E-state index in [1.807, 2.05) is 20.9 Å². The Labute approximate surface area is 170 Å². The number of carboxylic acid groups (broad SMARTS) is 1. The normalized spacial score (nSPS) is 20.6. The van der Waals surface area contributed by atoms with Gasteiger partial charge in [-0.3, -0.25) is 9.59 Å². The van der Waals surface area contributed by atoms with Gasteiger partial charge in [0.15, 0.2) is 0 Å². The standard InChI is InChI=1S/C19H26N4O4.ClH/c1-11(2)17(19(25)26)20-13-5-7-14(8-6-13)23(3)18(24)12-4-9-15-16(10-12)22-27-21-15;/h4,9-11,13-14,17,20H,5-8H2,1-3H3,(H,25,26);1H/t13-,14-,17-;/m0./s1.